The van der Waals surface area contributed by atoms with Gasteiger partial charge in [-0.15, -0.1) is 0 Å². The molecule has 0 aromatic heterocycles. The summed E-state index contributed by atoms with van der Waals surface area (Å²) in [6, 6.07) is 9.29. The fourth-order valence-corrected chi connectivity index (χ4v) is 1.05. The Morgan fingerprint density at radius 1 is 1.44 bits per heavy atom. The molecule has 0 aliphatic carbocycles. The van der Waals surface area contributed by atoms with Gasteiger partial charge in [-0.25, -0.2) is 0 Å². The first-order chi connectivity index (χ1) is 7.72. The van der Waals surface area contributed by atoms with Crippen LogP contribution in [-0.4, -0.2) is 23.7 Å². The van der Waals surface area contributed by atoms with Crippen LogP contribution < -0.4 is 5.32 Å². The Kier molecular flexibility index (Phi) is 5.10. The SMILES string of the molecule is CCC(O)CNC(=O)C#Cc1ccccc1. The van der Waals surface area contributed by atoms with Gasteiger partial charge in [-0.3, -0.25) is 4.79 Å². The lowest BCUT2D eigenvalue weighted by atomic mass is 10.2. The number of aliphatic hydroxyl groups excluding tert-OH is 1. The number of amides is 1. The second kappa shape index (κ2) is 6.65. The fraction of sp³-hybridized carbons (Fsp3) is 0.308. The quantitative estimate of drug-likeness (QED) is 0.740. The highest BCUT2D eigenvalue weighted by molar-refractivity contribution is 5.94. The molecule has 0 aliphatic rings. The Hall–Kier alpha value is -1.79. The number of nitrogens with one attached hydrogen (secondary N) is 1. The van der Waals surface area contributed by atoms with E-state index >= 15 is 0 Å². The van der Waals surface area contributed by atoms with Crippen LogP contribution in [0.15, 0.2) is 30.3 Å². The molecule has 0 aliphatic heterocycles. The van der Waals surface area contributed by atoms with Gasteiger partial charge in [-0.05, 0) is 18.6 Å². The lowest BCUT2D eigenvalue weighted by Gasteiger charge is -2.05. The second-order valence-corrected chi connectivity index (χ2v) is 3.39. The maximum atomic E-state index is 11.2. The van der Waals surface area contributed by atoms with Crippen LogP contribution in [0.1, 0.15) is 18.9 Å². The molecule has 1 aromatic rings. The number of aliphatic hydroxyl groups is 1. The van der Waals surface area contributed by atoms with Crippen molar-refractivity contribution < 1.29 is 9.90 Å². The Bertz CT molecular complexity index is 389. The van der Waals surface area contributed by atoms with Crippen molar-refractivity contribution in [2.24, 2.45) is 0 Å². The minimum Gasteiger partial charge on any atom is -0.391 e. The predicted octanol–water partition coefficient (Wildman–Crippen LogP) is 0.925. The molecule has 0 bridgehead atoms. The van der Waals surface area contributed by atoms with E-state index in [2.05, 4.69) is 17.2 Å². The van der Waals surface area contributed by atoms with Gasteiger partial charge in [0.1, 0.15) is 0 Å². The maximum Gasteiger partial charge on any atom is 0.296 e. The van der Waals surface area contributed by atoms with Crippen molar-refractivity contribution in [3.63, 3.8) is 0 Å². The van der Waals surface area contributed by atoms with Crippen molar-refractivity contribution in [3.8, 4) is 11.8 Å². The zero-order valence-corrected chi connectivity index (χ0v) is 9.23. The summed E-state index contributed by atoms with van der Waals surface area (Å²) in [6.07, 6.45) is 0.120. The molecule has 1 amide bonds. The molecule has 1 unspecified atom stereocenters. The van der Waals surface area contributed by atoms with E-state index in [-0.39, 0.29) is 12.5 Å². The van der Waals surface area contributed by atoms with Crippen molar-refractivity contribution in [2.75, 3.05) is 6.54 Å². The summed E-state index contributed by atoms with van der Waals surface area (Å²) in [5.41, 5.74) is 0.800. The van der Waals surface area contributed by atoms with Gasteiger partial charge in [0.05, 0.1) is 6.10 Å². The van der Waals surface area contributed by atoms with Crippen LogP contribution in [0.25, 0.3) is 0 Å². The molecule has 0 spiro atoms. The van der Waals surface area contributed by atoms with Crippen LogP contribution in [0.2, 0.25) is 0 Å². The van der Waals surface area contributed by atoms with Crippen molar-refractivity contribution in [1.82, 2.24) is 5.32 Å². The number of hydrogen-bond donors (Lipinski definition) is 2. The summed E-state index contributed by atoms with van der Waals surface area (Å²) >= 11 is 0. The largest absolute Gasteiger partial charge is 0.391 e. The minimum atomic E-state index is -0.498. The summed E-state index contributed by atoms with van der Waals surface area (Å²) in [5, 5.41) is 11.8. The number of hydrogen-bond acceptors (Lipinski definition) is 2. The Labute approximate surface area is 95.5 Å². The molecule has 3 heteroatoms. The number of carbonyl (C=O) groups excluding carboxylic acids is 1. The first-order valence-electron chi connectivity index (χ1n) is 5.25. The Balaban J connectivity index is 2.43. The molecule has 0 radical (unpaired) electrons. The molecule has 0 heterocycles. The fourth-order valence-electron chi connectivity index (χ4n) is 1.05. The zero-order valence-electron chi connectivity index (χ0n) is 9.23. The van der Waals surface area contributed by atoms with Gasteiger partial charge in [-0.2, -0.15) is 0 Å². The highest BCUT2D eigenvalue weighted by Crippen LogP contribution is 1.94. The van der Waals surface area contributed by atoms with E-state index in [4.69, 9.17) is 0 Å². The second-order valence-electron chi connectivity index (χ2n) is 3.39. The van der Waals surface area contributed by atoms with Crippen molar-refractivity contribution in [1.29, 1.82) is 0 Å². The summed E-state index contributed by atoms with van der Waals surface area (Å²) in [6.45, 7) is 2.10. The van der Waals surface area contributed by atoms with E-state index in [9.17, 15) is 9.90 Å². The van der Waals surface area contributed by atoms with Gasteiger partial charge >= 0.3 is 0 Å². The van der Waals surface area contributed by atoms with Gasteiger partial charge < -0.3 is 10.4 Å². The molecular weight excluding hydrogens is 202 g/mol. The van der Waals surface area contributed by atoms with Crippen LogP contribution in [0.3, 0.4) is 0 Å². The van der Waals surface area contributed by atoms with Crippen LogP contribution in [0, 0.1) is 11.8 Å². The third-order valence-corrected chi connectivity index (χ3v) is 2.06. The number of benzene rings is 1. The summed E-state index contributed by atoms with van der Waals surface area (Å²) in [4.78, 5) is 11.2. The molecule has 3 nitrogen and oxygen atoms in total. The van der Waals surface area contributed by atoms with Crippen molar-refractivity contribution >= 4 is 5.91 Å². The monoisotopic (exact) mass is 217 g/mol. The first kappa shape index (κ1) is 12.3. The van der Waals surface area contributed by atoms with Crippen molar-refractivity contribution in [3.05, 3.63) is 35.9 Å². The average Bonchev–Trinajstić information content (AvgIpc) is 2.34. The Morgan fingerprint density at radius 3 is 2.75 bits per heavy atom. The number of rotatable bonds is 3. The summed E-state index contributed by atoms with van der Waals surface area (Å²) < 4.78 is 0. The minimum absolute atomic E-state index is 0.249. The summed E-state index contributed by atoms with van der Waals surface area (Å²) in [5.74, 6) is 4.85. The van der Waals surface area contributed by atoms with Gasteiger partial charge in [0.25, 0.3) is 5.91 Å². The molecule has 1 atom stereocenters. The van der Waals surface area contributed by atoms with Gasteiger partial charge in [0.15, 0.2) is 0 Å². The Morgan fingerprint density at radius 2 is 2.12 bits per heavy atom. The van der Waals surface area contributed by atoms with Crippen LogP contribution in [-0.2, 0) is 4.79 Å². The maximum absolute atomic E-state index is 11.2. The smallest absolute Gasteiger partial charge is 0.296 e. The standard InChI is InChI=1S/C13H15NO2/c1-2-12(15)10-14-13(16)9-8-11-6-4-3-5-7-11/h3-7,12,15H,2,10H2,1H3,(H,14,16). The lowest BCUT2D eigenvalue weighted by Crippen LogP contribution is -2.30. The zero-order chi connectivity index (χ0) is 11.8. The average molecular weight is 217 g/mol. The third-order valence-electron chi connectivity index (χ3n) is 2.06. The molecule has 0 fully saturated rings. The van der Waals surface area contributed by atoms with Gasteiger partial charge in [-0.1, -0.05) is 31.0 Å². The van der Waals surface area contributed by atoms with Crippen molar-refractivity contribution in [2.45, 2.75) is 19.4 Å². The molecule has 84 valence electrons. The molecule has 1 aromatic carbocycles. The predicted molar refractivity (Wildman–Crippen MR) is 62.6 cm³/mol. The molecule has 1 rings (SSSR count). The molecule has 0 saturated carbocycles. The molecular formula is C13H15NO2. The van der Waals surface area contributed by atoms with E-state index in [1.54, 1.807) is 0 Å². The van der Waals surface area contributed by atoms with E-state index < -0.39 is 6.10 Å². The van der Waals surface area contributed by atoms with E-state index in [0.717, 1.165) is 5.56 Å². The summed E-state index contributed by atoms with van der Waals surface area (Å²) in [7, 11) is 0. The topological polar surface area (TPSA) is 49.3 Å². The highest BCUT2D eigenvalue weighted by Gasteiger charge is 2.01. The third kappa shape index (κ3) is 4.63. The van der Waals surface area contributed by atoms with Crippen LogP contribution in [0.5, 0.6) is 0 Å². The van der Waals surface area contributed by atoms with Crippen LogP contribution >= 0.6 is 0 Å². The van der Waals surface area contributed by atoms with E-state index in [0.29, 0.717) is 6.42 Å². The lowest BCUT2D eigenvalue weighted by molar-refractivity contribution is -0.116. The highest BCUT2D eigenvalue weighted by atomic mass is 16.3. The normalized spacial score (nSPS) is 11.1. The first-order valence-corrected chi connectivity index (χ1v) is 5.25. The van der Waals surface area contributed by atoms with Gasteiger partial charge in [0, 0.05) is 18.0 Å². The van der Waals surface area contributed by atoms with E-state index in [1.165, 1.54) is 0 Å². The molecule has 16 heavy (non-hydrogen) atoms. The number of carbonyl (C=O) groups is 1. The molecule has 0 saturated heterocycles. The van der Waals surface area contributed by atoms with E-state index in [1.807, 2.05) is 37.3 Å². The molecule has 2 N–H and O–H groups in total. The van der Waals surface area contributed by atoms with Crippen LogP contribution in [0.4, 0.5) is 0 Å². The van der Waals surface area contributed by atoms with Gasteiger partial charge in [0.2, 0.25) is 0 Å².